The minimum absolute atomic E-state index is 0.148. The molecular formula is C32H41N5O3. The smallest absolute Gasteiger partial charge is 0.324 e. The first-order valence-corrected chi connectivity index (χ1v) is 13.9. The Kier molecular flexibility index (Phi) is 9.79. The van der Waals surface area contributed by atoms with Crippen LogP contribution in [0.25, 0.3) is 0 Å². The van der Waals surface area contributed by atoms with Crippen molar-refractivity contribution in [2.24, 2.45) is 11.7 Å². The van der Waals surface area contributed by atoms with Gasteiger partial charge in [-0.25, -0.2) is 4.79 Å². The van der Waals surface area contributed by atoms with Gasteiger partial charge in [-0.3, -0.25) is 20.0 Å². The predicted molar refractivity (Wildman–Crippen MR) is 158 cm³/mol. The molecule has 0 aromatic heterocycles. The predicted octanol–water partition coefficient (Wildman–Crippen LogP) is 3.92. The van der Waals surface area contributed by atoms with Gasteiger partial charge in [0.05, 0.1) is 18.6 Å². The van der Waals surface area contributed by atoms with Crippen LogP contribution in [0, 0.1) is 5.92 Å². The third kappa shape index (κ3) is 7.20. The van der Waals surface area contributed by atoms with Crippen molar-refractivity contribution in [1.82, 2.24) is 20.6 Å². The molecule has 2 aromatic carbocycles. The Morgan fingerprint density at radius 1 is 1.07 bits per heavy atom. The number of nitrogens with zero attached hydrogens (tertiary/aromatic N) is 2. The fourth-order valence-electron chi connectivity index (χ4n) is 4.85. The molecule has 0 radical (unpaired) electrons. The number of imide groups is 1. The molecule has 4 N–H and O–H groups in total. The van der Waals surface area contributed by atoms with Crippen molar-refractivity contribution >= 4 is 11.9 Å². The van der Waals surface area contributed by atoms with Gasteiger partial charge in [-0.1, -0.05) is 86.7 Å². The van der Waals surface area contributed by atoms with Gasteiger partial charge in [0.2, 0.25) is 5.91 Å². The number of likely N-dealkylation sites (N-methyl/N-ethyl adjacent to an activating group) is 1. The third-order valence-corrected chi connectivity index (χ3v) is 7.55. The highest BCUT2D eigenvalue weighted by Gasteiger charge is 2.40. The monoisotopic (exact) mass is 543 g/mol. The van der Waals surface area contributed by atoms with Crippen molar-refractivity contribution in [3.8, 4) is 0 Å². The topological polar surface area (TPSA) is 99.9 Å². The quantitative estimate of drug-likeness (QED) is 0.420. The molecule has 8 nitrogen and oxygen atoms in total. The summed E-state index contributed by atoms with van der Waals surface area (Å²) >= 11 is 0. The molecular weight excluding hydrogens is 502 g/mol. The molecule has 0 saturated carbocycles. The van der Waals surface area contributed by atoms with Crippen molar-refractivity contribution in [2.45, 2.75) is 57.8 Å². The van der Waals surface area contributed by atoms with Crippen molar-refractivity contribution in [3.63, 3.8) is 0 Å². The summed E-state index contributed by atoms with van der Waals surface area (Å²) in [4.78, 5) is 37.2. The molecule has 0 saturated heterocycles. The van der Waals surface area contributed by atoms with Crippen LogP contribution in [0.5, 0.6) is 0 Å². The van der Waals surface area contributed by atoms with Crippen molar-refractivity contribution in [2.75, 3.05) is 13.6 Å². The number of carbonyl (C=O) groups is 2. The molecule has 3 amide bonds. The van der Waals surface area contributed by atoms with E-state index >= 15 is 0 Å². The number of allylic oxidation sites excluding steroid dienone is 3. The van der Waals surface area contributed by atoms with Crippen LogP contribution >= 0.6 is 0 Å². The zero-order chi connectivity index (χ0) is 28.6. The Morgan fingerprint density at radius 2 is 1.73 bits per heavy atom. The molecule has 4 atom stereocenters. The molecule has 0 fully saturated rings. The van der Waals surface area contributed by atoms with Gasteiger partial charge in [-0.15, -0.1) is 0 Å². The number of amides is 3. The van der Waals surface area contributed by atoms with Crippen molar-refractivity contribution < 1.29 is 14.4 Å². The van der Waals surface area contributed by atoms with Gasteiger partial charge < -0.3 is 16.0 Å². The molecule has 0 spiro atoms. The molecule has 4 rings (SSSR count). The minimum atomic E-state index is -0.842. The van der Waals surface area contributed by atoms with E-state index in [4.69, 9.17) is 10.6 Å². The van der Waals surface area contributed by atoms with Gasteiger partial charge in [-0.2, -0.15) is 0 Å². The zero-order valence-corrected chi connectivity index (χ0v) is 23.8. The number of nitrogens with two attached hydrogens (primary N) is 1. The summed E-state index contributed by atoms with van der Waals surface area (Å²) in [5, 5.41) is 2.99. The summed E-state index contributed by atoms with van der Waals surface area (Å²) < 4.78 is 0. The maximum Gasteiger partial charge on any atom is 0.324 e. The highest BCUT2D eigenvalue weighted by molar-refractivity contribution is 5.97. The number of hydroxylamine groups is 1. The van der Waals surface area contributed by atoms with Crippen LogP contribution in [0.15, 0.2) is 96.4 Å². The first-order chi connectivity index (χ1) is 19.2. The molecule has 40 heavy (non-hydrogen) atoms. The molecule has 2 aliphatic rings. The van der Waals surface area contributed by atoms with E-state index in [0.29, 0.717) is 12.8 Å². The number of nitrogens with one attached hydrogen (secondary N) is 2. The van der Waals surface area contributed by atoms with Crippen LogP contribution in [-0.2, 0) is 22.5 Å². The van der Waals surface area contributed by atoms with E-state index in [-0.39, 0.29) is 18.5 Å². The second-order valence-corrected chi connectivity index (χ2v) is 10.8. The Balaban J connectivity index is 1.64. The minimum Gasteiger partial charge on any atom is -0.370 e. The van der Waals surface area contributed by atoms with Crippen LogP contribution in [-0.4, -0.2) is 59.6 Å². The van der Waals surface area contributed by atoms with E-state index < -0.39 is 30.1 Å². The van der Waals surface area contributed by atoms with E-state index in [1.54, 1.807) is 0 Å². The number of benzene rings is 2. The summed E-state index contributed by atoms with van der Waals surface area (Å²) in [6.45, 7) is 6.13. The lowest BCUT2D eigenvalue weighted by Gasteiger charge is -2.36. The number of carbonyl (C=O) groups excluding carboxylic acids is 2. The molecule has 8 heteroatoms. The second-order valence-electron chi connectivity index (χ2n) is 10.8. The Labute approximate surface area is 237 Å². The lowest BCUT2D eigenvalue weighted by atomic mass is 9.96. The normalized spacial score (nSPS) is 19.9. The summed E-state index contributed by atoms with van der Waals surface area (Å²) in [7, 11) is 1.99. The molecule has 3 unspecified atom stereocenters. The maximum atomic E-state index is 13.9. The largest absolute Gasteiger partial charge is 0.370 e. The van der Waals surface area contributed by atoms with Gasteiger partial charge in [-0.05, 0) is 42.5 Å². The van der Waals surface area contributed by atoms with E-state index in [1.165, 1.54) is 4.90 Å². The van der Waals surface area contributed by atoms with E-state index in [9.17, 15) is 9.59 Å². The highest BCUT2D eigenvalue weighted by Crippen LogP contribution is 2.24. The van der Waals surface area contributed by atoms with Gasteiger partial charge >= 0.3 is 6.03 Å². The SMILES string of the molecule is CC(C)[C@H](N)C(=O)N(C(=O)NCC1=CC=CC(C)N1C)C(Cc1ccccc1)C1C=C(Cc2ccccc2)NO1. The van der Waals surface area contributed by atoms with Gasteiger partial charge in [0.15, 0.2) is 0 Å². The van der Waals surface area contributed by atoms with E-state index in [0.717, 1.165) is 22.5 Å². The standard InChI is InChI=1S/C32H41N5O3/c1-22(2)30(33)31(38)37(32(39)34-21-27-17-11-12-23(3)36(27)4)28(19-25-15-9-6-10-16-25)29-20-26(35-40-29)18-24-13-7-5-8-14-24/h5-17,20,22-23,28-30,35H,18-19,21,33H2,1-4H3,(H,34,39)/t23?,28?,29?,30-/m0/s1. The van der Waals surface area contributed by atoms with Crippen LogP contribution in [0.4, 0.5) is 4.79 Å². The van der Waals surface area contributed by atoms with Crippen molar-refractivity contribution in [1.29, 1.82) is 0 Å². The summed E-state index contributed by atoms with van der Waals surface area (Å²) in [6, 6.07) is 18.1. The maximum absolute atomic E-state index is 13.9. The van der Waals surface area contributed by atoms with E-state index in [1.807, 2.05) is 87.7 Å². The third-order valence-electron chi connectivity index (χ3n) is 7.55. The van der Waals surface area contributed by atoms with Crippen LogP contribution in [0.1, 0.15) is 31.9 Å². The number of hydrogen-bond acceptors (Lipinski definition) is 6. The fraction of sp³-hybridized carbons (Fsp3) is 0.375. The average Bonchev–Trinajstić information content (AvgIpc) is 3.42. The van der Waals surface area contributed by atoms with Crippen molar-refractivity contribution in [3.05, 3.63) is 107 Å². The Morgan fingerprint density at radius 3 is 2.38 bits per heavy atom. The number of hydrogen-bond donors (Lipinski definition) is 3. The van der Waals surface area contributed by atoms with Gasteiger partial charge in [0.1, 0.15) is 6.10 Å². The number of rotatable bonds is 10. The van der Waals surface area contributed by atoms with E-state index in [2.05, 4.69) is 40.8 Å². The van der Waals surface area contributed by atoms with Crippen LogP contribution in [0.3, 0.4) is 0 Å². The average molecular weight is 544 g/mol. The molecule has 2 heterocycles. The Hall–Kier alpha value is -3.88. The molecule has 0 bridgehead atoms. The lowest BCUT2D eigenvalue weighted by molar-refractivity contribution is -0.135. The zero-order valence-electron chi connectivity index (χ0n) is 23.8. The molecule has 212 valence electrons. The lowest BCUT2D eigenvalue weighted by Crippen LogP contribution is -2.60. The number of urea groups is 1. The molecule has 2 aliphatic heterocycles. The first kappa shape index (κ1) is 29.1. The van der Waals surface area contributed by atoms with Crippen LogP contribution < -0.4 is 16.5 Å². The van der Waals surface area contributed by atoms with Crippen LogP contribution in [0.2, 0.25) is 0 Å². The summed E-state index contributed by atoms with van der Waals surface area (Å²) in [5.74, 6) is -0.577. The van der Waals surface area contributed by atoms with Gasteiger partial charge in [0.25, 0.3) is 0 Å². The second kappa shape index (κ2) is 13.5. The highest BCUT2D eigenvalue weighted by atomic mass is 16.7. The Bertz CT molecular complexity index is 1240. The first-order valence-electron chi connectivity index (χ1n) is 13.9. The fourth-order valence-corrected chi connectivity index (χ4v) is 4.85. The summed E-state index contributed by atoms with van der Waals surface area (Å²) in [6.07, 6.45) is 8.51. The summed E-state index contributed by atoms with van der Waals surface area (Å²) in [5.41, 5.74) is 13.3. The van der Waals surface area contributed by atoms with Gasteiger partial charge in [0, 0.05) is 30.9 Å². The molecule has 0 aliphatic carbocycles. The molecule has 2 aromatic rings.